The molecule has 0 radical (unpaired) electrons. The van der Waals surface area contributed by atoms with E-state index in [1.54, 1.807) is 6.92 Å². The first-order chi connectivity index (χ1) is 14.7. The fraction of sp³-hybridized carbons (Fsp3) is 0.455. The third-order valence-electron chi connectivity index (χ3n) is 5.54. The van der Waals surface area contributed by atoms with Gasteiger partial charge in [0.05, 0.1) is 5.69 Å². The Balaban J connectivity index is 1.62. The Morgan fingerprint density at radius 2 is 1.81 bits per heavy atom. The van der Waals surface area contributed by atoms with E-state index in [1.165, 1.54) is 11.4 Å². The van der Waals surface area contributed by atoms with Gasteiger partial charge in [0, 0.05) is 45.0 Å². The summed E-state index contributed by atoms with van der Waals surface area (Å²) in [6, 6.07) is 8.52. The number of amides is 1. The molecule has 31 heavy (non-hydrogen) atoms. The molecule has 1 aromatic carbocycles. The SMILES string of the molecule is Cc1nc(CC2CCN(c3ccc(N(C)C)cc3)CC2)nc(C(=O)NCC(=O)O)c1O. The first kappa shape index (κ1) is 22.3. The lowest BCUT2D eigenvalue weighted by atomic mass is 9.92. The van der Waals surface area contributed by atoms with Crippen molar-refractivity contribution in [2.24, 2.45) is 5.92 Å². The smallest absolute Gasteiger partial charge is 0.322 e. The Bertz CT molecular complexity index is 938. The van der Waals surface area contributed by atoms with Gasteiger partial charge >= 0.3 is 5.97 Å². The molecule has 9 heteroatoms. The molecule has 166 valence electrons. The topological polar surface area (TPSA) is 119 Å². The number of hydrogen-bond acceptors (Lipinski definition) is 7. The van der Waals surface area contributed by atoms with Crippen molar-refractivity contribution in [3.05, 3.63) is 41.5 Å². The van der Waals surface area contributed by atoms with Crippen molar-refractivity contribution < 1.29 is 19.8 Å². The normalized spacial score (nSPS) is 14.4. The number of nitrogens with one attached hydrogen (secondary N) is 1. The van der Waals surface area contributed by atoms with Crippen LogP contribution in [0.15, 0.2) is 24.3 Å². The number of anilines is 2. The van der Waals surface area contributed by atoms with Crippen molar-refractivity contribution in [2.75, 3.05) is 43.5 Å². The number of carbonyl (C=O) groups excluding carboxylic acids is 1. The first-order valence-corrected chi connectivity index (χ1v) is 10.3. The minimum atomic E-state index is -1.16. The number of aliphatic carboxylic acids is 1. The van der Waals surface area contributed by atoms with Crippen molar-refractivity contribution in [2.45, 2.75) is 26.2 Å². The maximum absolute atomic E-state index is 12.2. The molecule has 0 saturated carbocycles. The number of aryl methyl sites for hydroxylation is 1. The van der Waals surface area contributed by atoms with Crippen LogP contribution in [0.3, 0.4) is 0 Å². The summed E-state index contributed by atoms with van der Waals surface area (Å²) < 4.78 is 0. The van der Waals surface area contributed by atoms with Crippen LogP contribution >= 0.6 is 0 Å². The maximum atomic E-state index is 12.2. The molecule has 1 aliphatic heterocycles. The summed E-state index contributed by atoms with van der Waals surface area (Å²) in [7, 11) is 4.05. The molecule has 3 rings (SSSR count). The second-order valence-electron chi connectivity index (χ2n) is 8.04. The van der Waals surface area contributed by atoms with Crippen LogP contribution in [0.1, 0.15) is 34.8 Å². The summed E-state index contributed by atoms with van der Waals surface area (Å²) in [5.41, 5.74) is 2.51. The van der Waals surface area contributed by atoms with Gasteiger partial charge in [-0.2, -0.15) is 0 Å². The van der Waals surface area contributed by atoms with Gasteiger partial charge in [-0.1, -0.05) is 0 Å². The van der Waals surface area contributed by atoms with Gasteiger partial charge in [-0.3, -0.25) is 9.59 Å². The molecule has 2 heterocycles. The zero-order valence-electron chi connectivity index (χ0n) is 18.1. The van der Waals surface area contributed by atoms with Crippen LogP contribution < -0.4 is 15.1 Å². The second-order valence-corrected chi connectivity index (χ2v) is 8.04. The highest BCUT2D eigenvalue weighted by molar-refractivity contribution is 5.96. The summed E-state index contributed by atoms with van der Waals surface area (Å²) in [5, 5.41) is 21.1. The third kappa shape index (κ3) is 5.62. The van der Waals surface area contributed by atoms with Crippen molar-refractivity contribution >= 4 is 23.3 Å². The van der Waals surface area contributed by atoms with Gasteiger partial charge in [-0.15, -0.1) is 0 Å². The Morgan fingerprint density at radius 3 is 2.39 bits per heavy atom. The average molecular weight is 428 g/mol. The van der Waals surface area contributed by atoms with Crippen molar-refractivity contribution in [3.63, 3.8) is 0 Å². The summed E-state index contributed by atoms with van der Waals surface area (Å²) in [5.74, 6) is -1.34. The van der Waals surface area contributed by atoms with E-state index in [9.17, 15) is 14.7 Å². The van der Waals surface area contributed by atoms with Crippen molar-refractivity contribution in [1.29, 1.82) is 0 Å². The summed E-state index contributed by atoms with van der Waals surface area (Å²) in [6.07, 6.45) is 2.55. The molecule has 2 aromatic rings. The van der Waals surface area contributed by atoms with Crippen molar-refractivity contribution in [1.82, 2.24) is 15.3 Å². The standard InChI is InChI=1S/C22H29N5O4/c1-14-21(30)20(22(31)23-13-19(28)29)25-18(24-14)12-15-8-10-27(11-9-15)17-6-4-16(5-7-17)26(2)3/h4-7,15,30H,8-13H2,1-3H3,(H,23,31)(H,28,29). The molecule has 3 N–H and O–H groups in total. The molecule has 1 fully saturated rings. The molecule has 1 amide bonds. The summed E-state index contributed by atoms with van der Waals surface area (Å²) >= 11 is 0. The van der Waals surface area contributed by atoms with E-state index < -0.39 is 18.4 Å². The highest BCUT2D eigenvalue weighted by atomic mass is 16.4. The maximum Gasteiger partial charge on any atom is 0.322 e. The minimum absolute atomic E-state index is 0.179. The number of carboxylic acids is 1. The van der Waals surface area contributed by atoms with Crippen LogP contribution in [-0.4, -0.2) is 65.8 Å². The Labute approximate surface area is 181 Å². The Morgan fingerprint density at radius 1 is 1.16 bits per heavy atom. The van der Waals surface area contributed by atoms with Gasteiger partial charge in [0.1, 0.15) is 12.4 Å². The quantitative estimate of drug-likeness (QED) is 0.612. The number of nitrogens with zero attached hydrogens (tertiary/aromatic N) is 4. The molecule has 9 nitrogen and oxygen atoms in total. The third-order valence-corrected chi connectivity index (χ3v) is 5.54. The van der Waals surface area contributed by atoms with E-state index in [2.05, 4.69) is 49.4 Å². The molecular weight excluding hydrogens is 398 g/mol. The zero-order valence-corrected chi connectivity index (χ0v) is 18.1. The lowest BCUT2D eigenvalue weighted by molar-refractivity contribution is -0.135. The molecule has 0 bridgehead atoms. The summed E-state index contributed by atoms with van der Waals surface area (Å²) in [6.45, 7) is 2.92. The average Bonchev–Trinajstić information content (AvgIpc) is 2.75. The second kappa shape index (κ2) is 9.63. The van der Waals surface area contributed by atoms with Gasteiger partial charge < -0.3 is 25.3 Å². The molecule has 0 atom stereocenters. The molecule has 1 aliphatic rings. The molecule has 1 saturated heterocycles. The molecular formula is C22H29N5O4. The van der Waals surface area contributed by atoms with Gasteiger partial charge in [-0.05, 0) is 49.9 Å². The van der Waals surface area contributed by atoms with Crippen LogP contribution in [0.4, 0.5) is 11.4 Å². The Kier molecular flexibility index (Phi) is 6.94. The van der Waals surface area contributed by atoms with Crippen LogP contribution in [0.5, 0.6) is 5.75 Å². The van der Waals surface area contributed by atoms with Gasteiger partial charge in [0.15, 0.2) is 11.4 Å². The van der Waals surface area contributed by atoms with Crippen molar-refractivity contribution in [3.8, 4) is 5.75 Å². The lowest BCUT2D eigenvalue weighted by Gasteiger charge is -2.33. The number of hydrogen-bond donors (Lipinski definition) is 3. The monoisotopic (exact) mass is 427 g/mol. The number of carboxylic acid groups (broad SMARTS) is 1. The van der Waals surface area contributed by atoms with E-state index in [0.717, 1.165) is 25.9 Å². The summed E-state index contributed by atoms with van der Waals surface area (Å²) in [4.78, 5) is 35.9. The predicted octanol–water partition coefficient (Wildman–Crippen LogP) is 1.83. The van der Waals surface area contributed by atoms with E-state index in [-0.39, 0.29) is 11.4 Å². The van der Waals surface area contributed by atoms with Crippen LogP contribution in [0.2, 0.25) is 0 Å². The molecule has 1 aromatic heterocycles. The number of aromatic hydroxyl groups is 1. The molecule has 0 unspecified atom stereocenters. The van der Waals surface area contributed by atoms with Crippen LogP contribution in [0.25, 0.3) is 0 Å². The van der Waals surface area contributed by atoms with E-state index in [1.807, 2.05) is 14.1 Å². The van der Waals surface area contributed by atoms with Crippen LogP contribution in [0, 0.1) is 12.8 Å². The van der Waals surface area contributed by atoms with Gasteiger partial charge in [0.2, 0.25) is 0 Å². The van der Waals surface area contributed by atoms with E-state index in [0.29, 0.717) is 23.9 Å². The zero-order chi connectivity index (χ0) is 22.5. The van der Waals surface area contributed by atoms with E-state index in [4.69, 9.17) is 5.11 Å². The van der Waals surface area contributed by atoms with Crippen LogP contribution in [-0.2, 0) is 11.2 Å². The highest BCUT2D eigenvalue weighted by Gasteiger charge is 2.23. The minimum Gasteiger partial charge on any atom is -0.504 e. The van der Waals surface area contributed by atoms with Gasteiger partial charge in [0.25, 0.3) is 5.91 Å². The number of carbonyl (C=O) groups is 2. The van der Waals surface area contributed by atoms with Gasteiger partial charge in [-0.25, -0.2) is 9.97 Å². The number of piperidine rings is 1. The van der Waals surface area contributed by atoms with E-state index >= 15 is 0 Å². The first-order valence-electron chi connectivity index (χ1n) is 10.3. The largest absolute Gasteiger partial charge is 0.504 e. The Hall–Kier alpha value is -3.36. The fourth-order valence-electron chi connectivity index (χ4n) is 3.73. The lowest BCUT2D eigenvalue weighted by Crippen LogP contribution is -2.34. The molecule has 0 spiro atoms. The fourth-order valence-corrected chi connectivity index (χ4v) is 3.73. The highest BCUT2D eigenvalue weighted by Crippen LogP contribution is 2.27. The predicted molar refractivity (Wildman–Crippen MR) is 118 cm³/mol. The number of aromatic nitrogens is 2. The number of rotatable bonds is 7. The number of benzene rings is 1. The molecule has 0 aliphatic carbocycles.